The summed E-state index contributed by atoms with van der Waals surface area (Å²) < 4.78 is 27.8. The standard InChI is InChI=1S/C11H14ClNO4S/c1-17-7-2-3-8(12)9(4-7)13-10-5-18(15,16)6-11(10)14/h2-4,10-11,13-14H,5-6H2,1H3. The predicted octanol–water partition coefficient (Wildman–Crippen LogP) is 0.918. The van der Waals surface area contributed by atoms with E-state index in [0.717, 1.165) is 0 Å². The van der Waals surface area contributed by atoms with E-state index in [0.29, 0.717) is 16.5 Å². The third kappa shape index (κ3) is 2.88. The van der Waals surface area contributed by atoms with Gasteiger partial charge in [-0.3, -0.25) is 0 Å². The average molecular weight is 292 g/mol. The second-order valence-corrected chi connectivity index (χ2v) is 6.80. The van der Waals surface area contributed by atoms with Crippen molar-refractivity contribution in [3.05, 3.63) is 23.2 Å². The van der Waals surface area contributed by atoms with Crippen molar-refractivity contribution in [3.63, 3.8) is 0 Å². The van der Waals surface area contributed by atoms with E-state index in [1.54, 1.807) is 18.2 Å². The fourth-order valence-corrected chi connectivity index (χ4v) is 3.82. The molecule has 0 amide bonds. The first-order chi connectivity index (χ1) is 8.41. The second-order valence-electron chi connectivity index (χ2n) is 4.24. The van der Waals surface area contributed by atoms with Crippen molar-refractivity contribution < 1.29 is 18.3 Å². The van der Waals surface area contributed by atoms with Gasteiger partial charge in [-0.15, -0.1) is 0 Å². The number of methoxy groups -OCH3 is 1. The first-order valence-corrected chi connectivity index (χ1v) is 7.60. The zero-order chi connectivity index (χ0) is 13.3. The highest BCUT2D eigenvalue weighted by molar-refractivity contribution is 7.91. The van der Waals surface area contributed by atoms with Gasteiger partial charge >= 0.3 is 0 Å². The number of sulfone groups is 1. The lowest BCUT2D eigenvalue weighted by Crippen LogP contribution is -2.31. The van der Waals surface area contributed by atoms with Crippen LogP contribution in [0.5, 0.6) is 5.75 Å². The summed E-state index contributed by atoms with van der Waals surface area (Å²) in [6, 6.07) is 4.48. The molecule has 1 aromatic rings. The summed E-state index contributed by atoms with van der Waals surface area (Å²) >= 11 is 6.00. The molecule has 1 saturated heterocycles. The van der Waals surface area contributed by atoms with E-state index in [-0.39, 0.29) is 11.5 Å². The van der Waals surface area contributed by atoms with Crippen LogP contribution in [0.25, 0.3) is 0 Å². The Kier molecular flexibility index (Phi) is 3.70. The molecule has 0 aromatic heterocycles. The second kappa shape index (κ2) is 4.95. The van der Waals surface area contributed by atoms with E-state index in [2.05, 4.69) is 5.32 Å². The Morgan fingerprint density at radius 2 is 2.17 bits per heavy atom. The van der Waals surface area contributed by atoms with Gasteiger partial charge in [0.2, 0.25) is 0 Å². The van der Waals surface area contributed by atoms with Gasteiger partial charge in [0.25, 0.3) is 0 Å². The lowest BCUT2D eigenvalue weighted by atomic mass is 10.2. The summed E-state index contributed by atoms with van der Waals surface area (Å²) in [4.78, 5) is 0. The molecule has 100 valence electrons. The number of anilines is 1. The highest BCUT2D eigenvalue weighted by Gasteiger charge is 2.36. The molecular formula is C11H14ClNO4S. The van der Waals surface area contributed by atoms with E-state index in [4.69, 9.17) is 16.3 Å². The number of benzene rings is 1. The van der Waals surface area contributed by atoms with Crippen LogP contribution in [-0.4, -0.2) is 44.3 Å². The molecule has 2 rings (SSSR count). The molecule has 0 bridgehead atoms. The number of hydrogen-bond acceptors (Lipinski definition) is 5. The van der Waals surface area contributed by atoms with Crippen LogP contribution in [0.15, 0.2) is 18.2 Å². The van der Waals surface area contributed by atoms with Gasteiger partial charge in [0.15, 0.2) is 9.84 Å². The van der Waals surface area contributed by atoms with Crippen molar-refractivity contribution in [2.75, 3.05) is 23.9 Å². The predicted molar refractivity (Wildman–Crippen MR) is 70.1 cm³/mol. The molecule has 0 aliphatic carbocycles. The molecule has 1 aliphatic rings. The van der Waals surface area contributed by atoms with Crippen LogP contribution in [-0.2, 0) is 9.84 Å². The van der Waals surface area contributed by atoms with Gasteiger partial charge in [-0.2, -0.15) is 0 Å². The fraction of sp³-hybridized carbons (Fsp3) is 0.455. The maximum absolute atomic E-state index is 11.4. The third-order valence-corrected chi connectivity index (χ3v) is 4.88. The molecule has 7 heteroatoms. The Morgan fingerprint density at radius 1 is 1.44 bits per heavy atom. The zero-order valence-electron chi connectivity index (χ0n) is 9.76. The number of rotatable bonds is 3. The summed E-state index contributed by atoms with van der Waals surface area (Å²) in [5.74, 6) is 0.297. The van der Waals surface area contributed by atoms with Crippen LogP contribution in [0.1, 0.15) is 0 Å². The molecule has 0 spiro atoms. The van der Waals surface area contributed by atoms with Crippen molar-refractivity contribution in [2.24, 2.45) is 0 Å². The number of aliphatic hydroxyl groups excluding tert-OH is 1. The Balaban J connectivity index is 2.19. The molecule has 1 heterocycles. The van der Waals surface area contributed by atoms with Crippen molar-refractivity contribution in [3.8, 4) is 5.75 Å². The quantitative estimate of drug-likeness (QED) is 0.866. The highest BCUT2D eigenvalue weighted by Crippen LogP contribution is 2.29. The fourth-order valence-electron chi connectivity index (χ4n) is 1.91. The van der Waals surface area contributed by atoms with E-state index in [1.807, 2.05) is 0 Å². The van der Waals surface area contributed by atoms with Crippen LogP contribution in [0.2, 0.25) is 5.02 Å². The largest absolute Gasteiger partial charge is 0.497 e. The van der Waals surface area contributed by atoms with Gasteiger partial charge in [0.1, 0.15) is 5.75 Å². The molecule has 5 nitrogen and oxygen atoms in total. The van der Waals surface area contributed by atoms with E-state index < -0.39 is 22.0 Å². The molecule has 18 heavy (non-hydrogen) atoms. The Labute approximate surface area is 111 Å². The maximum atomic E-state index is 11.4. The molecule has 0 saturated carbocycles. The molecule has 2 unspecified atom stereocenters. The van der Waals surface area contributed by atoms with Gasteiger partial charge in [0, 0.05) is 6.07 Å². The van der Waals surface area contributed by atoms with Crippen LogP contribution in [0, 0.1) is 0 Å². The van der Waals surface area contributed by atoms with Gasteiger partial charge in [-0.05, 0) is 12.1 Å². The Bertz CT molecular complexity index is 546. The summed E-state index contributed by atoms with van der Waals surface area (Å²) in [5.41, 5.74) is 0.553. The smallest absolute Gasteiger partial charge is 0.155 e. The SMILES string of the molecule is COc1ccc(Cl)c(NC2CS(=O)(=O)CC2O)c1. The Hall–Kier alpha value is -0.980. The van der Waals surface area contributed by atoms with Gasteiger partial charge < -0.3 is 15.2 Å². The van der Waals surface area contributed by atoms with Gasteiger partial charge in [-0.1, -0.05) is 11.6 Å². The zero-order valence-corrected chi connectivity index (χ0v) is 11.3. The summed E-state index contributed by atoms with van der Waals surface area (Å²) in [7, 11) is -1.65. The minimum atomic E-state index is -3.18. The van der Waals surface area contributed by atoms with Crippen molar-refractivity contribution in [1.29, 1.82) is 0 Å². The topological polar surface area (TPSA) is 75.6 Å². The lowest BCUT2D eigenvalue weighted by molar-refractivity contribution is 0.190. The number of nitrogens with one attached hydrogen (secondary N) is 1. The molecule has 2 atom stereocenters. The molecule has 2 N–H and O–H groups in total. The average Bonchev–Trinajstić information content (AvgIpc) is 2.55. The number of hydrogen-bond donors (Lipinski definition) is 2. The maximum Gasteiger partial charge on any atom is 0.155 e. The van der Waals surface area contributed by atoms with E-state index in [9.17, 15) is 13.5 Å². The van der Waals surface area contributed by atoms with Crippen molar-refractivity contribution >= 4 is 27.1 Å². The number of halogens is 1. The van der Waals surface area contributed by atoms with Crippen LogP contribution >= 0.6 is 11.6 Å². The van der Waals surface area contributed by atoms with Crippen LogP contribution in [0.3, 0.4) is 0 Å². The van der Waals surface area contributed by atoms with E-state index >= 15 is 0 Å². The Morgan fingerprint density at radius 3 is 2.72 bits per heavy atom. The minimum absolute atomic E-state index is 0.0955. The molecule has 1 aromatic carbocycles. The van der Waals surface area contributed by atoms with Crippen molar-refractivity contribution in [1.82, 2.24) is 0 Å². The summed E-state index contributed by atoms with van der Waals surface area (Å²) in [6.07, 6.45) is -0.919. The molecule has 1 aliphatic heterocycles. The summed E-state index contributed by atoms with van der Waals surface area (Å²) in [5, 5.41) is 13.1. The van der Waals surface area contributed by atoms with Gasteiger partial charge in [-0.25, -0.2) is 8.42 Å². The normalized spacial score (nSPS) is 25.9. The number of ether oxygens (including phenoxy) is 1. The molecule has 1 fully saturated rings. The van der Waals surface area contributed by atoms with Crippen LogP contribution in [0.4, 0.5) is 5.69 Å². The summed E-state index contributed by atoms with van der Waals surface area (Å²) in [6.45, 7) is 0. The third-order valence-electron chi connectivity index (χ3n) is 2.84. The van der Waals surface area contributed by atoms with E-state index in [1.165, 1.54) is 7.11 Å². The highest BCUT2D eigenvalue weighted by atomic mass is 35.5. The molecular weight excluding hydrogens is 278 g/mol. The van der Waals surface area contributed by atoms with Crippen molar-refractivity contribution in [2.45, 2.75) is 12.1 Å². The van der Waals surface area contributed by atoms with Crippen LogP contribution < -0.4 is 10.1 Å². The molecule has 0 radical (unpaired) electrons. The minimum Gasteiger partial charge on any atom is -0.497 e. The van der Waals surface area contributed by atoms with Gasteiger partial charge in [0.05, 0.1) is 41.5 Å². The number of aliphatic hydroxyl groups is 1. The first kappa shape index (κ1) is 13.5. The lowest BCUT2D eigenvalue weighted by Gasteiger charge is -2.17. The first-order valence-electron chi connectivity index (χ1n) is 5.40. The monoisotopic (exact) mass is 291 g/mol.